The fourth-order valence-electron chi connectivity index (χ4n) is 1.39. The van der Waals surface area contributed by atoms with Crippen molar-refractivity contribution in [2.45, 2.75) is 9.79 Å². The summed E-state index contributed by atoms with van der Waals surface area (Å²) < 4.78 is 24.2. The van der Waals surface area contributed by atoms with E-state index in [0.717, 1.165) is 0 Å². The van der Waals surface area contributed by atoms with Gasteiger partial charge in [-0.3, -0.25) is 0 Å². The first-order valence-electron chi connectivity index (χ1n) is 4.83. The van der Waals surface area contributed by atoms with E-state index in [-0.39, 0.29) is 124 Å². The van der Waals surface area contributed by atoms with Crippen LogP contribution in [0.5, 0.6) is 11.5 Å². The summed E-state index contributed by atoms with van der Waals surface area (Å²) in [6.07, 6.45) is 0. The fourth-order valence-corrected chi connectivity index (χ4v) is 2.65. The third-order valence-corrected chi connectivity index (χ3v) is 4.08. The van der Waals surface area contributed by atoms with Gasteiger partial charge in [-0.2, -0.15) is 0 Å². The van der Waals surface area contributed by atoms with E-state index in [2.05, 4.69) is 0 Å². The topological polar surface area (TPSA) is 74.6 Å². The molecule has 0 bridgehead atoms. The van der Waals surface area contributed by atoms with Gasteiger partial charge in [-0.05, 0) is 48.5 Å². The third kappa shape index (κ3) is 5.19. The van der Waals surface area contributed by atoms with E-state index in [1.807, 2.05) is 0 Å². The van der Waals surface area contributed by atoms with Gasteiger partial charge >= 0.3 is 103 Å². The molecule has 0 unspecified atom stereocenters. The summed E-state index contributed by atoms with van der Waals surface area (Å²) in [5.74, 6) is 0.0179. The van der Waals surface area contributed by atoms with Gasteiger partial charge in [-0.25, -0.2) is 8.42 Å². The van der Waals surface area contributed by atoms with Crippen molar-refractivity contribution < 1.29 is 18.6 Å². The minimum atomic E-state index is -3.59. The van der Waals surface area contributed by atoms with Crippen molar-refractivity contribution in [1.82, 2.24) is 0 Å². The maximum absolute atomic E-state index is 12.1. The van der Waals surface area contributed by atoms with Crippen LogP contribution in [0.2, 0.25) is 0 Å². The van der Waals surface area contributed by atoms with Crippen LogP contribution in [-0.2, 0) is 9.84 Å². The first kappa shape index (κ1) is 20.3. The molecule has 0 saturated heterocycles. The molecule has 0 aliphatic rings. The van der Waals surface area contributed by atoms with Gasteiger partial charge in [0, 0.05) is 0 Å². The average molecular weight is 330 g/mol. The van der Waals surface area contributed by atoms with Crippen LogP contribution >= 0.6 is 0 Å². The number of hydrogen-bond donors (Lipinski definition) is 2. The molecule has 2 aromatic carbocycles. The van der Waals surface area contributed by atoms with E-state index in [1.54, 1.807) is 0 Å². The first-order chi connectivity index (χ1) is 8.00. The second-order valence-electron chi connectivity index (χ2n) is 3.49. The molecule has 0 saturated carbocycles. The van der Waals surface area contributed by atoms with Crippen LogP contribution in [0.3, 0.4) is 0 Å². The molecular formula is C12H12K2O4S. The molecule has 0 spiro atoms. The Labute approximate surface area is 197 Å². The van der Waals surface area contributed by atoms with Crippen molar-refractivity contribution >= 4 is 113 Å². The van der Waals surface area contributed by atoms with Crippen molar-refractivity contribution in [1.29, 1.82) is 0 Å². The Morgan fingerprint density at radius 2 is 0.895 bits per heavy atom. The summed E-state index contributed by atoms with van der Waals surface area (Å²) in [4.78, 5) is 0.196. The molecule has 2 rings (SSSR count). The zero-order chi connectivity index (χ0) is 12.5. The predicted octanol–water partition coefficient (Wildman–Crippen LogP) is 0.634. The number of phenolic OH excluding ortho intramolecular Hbond substituents is 2. The summed E-state index contributed by atoms with van der Waals surface area (Å²) in [5, 5.41) is 18.2. The number of aromatic hydroxyl groups is 2. The van der Waals surface area contributed by atoms with Crippen LogP contribution in [0.25, 0.3) is 0 Å². The molecule has 7 heteroatoms. The van der Waals surface area contributed by atoms with Crippen molar-refractivity contribution in [2.24, 2.45) is 0 Å². The van der Waals surface area contributed by atoms with Crippen molar-refractivity contribution in [3.8, 4) is 11.5 Å². The van der Waals surface area contributed by atoms with Crippen molar-refractivity contribution in [3.05, 3.63) is 48.5 Å². The van der Waals surface area contributed by atoms with Crippen molar-refractivity contribution in [2.75, 3.05) is 0 Å². The van der Waals surface area contributed by atoms with Crippen LogP contribution < -0.4 is 0 Å². The summed E-state index contributed by atoms with van der Waals surface area (Å²) in [7, 11) is -3.59. The second kappa shape index (κ2) is 8.64. The van der Waals surface area contributed by atoms with Gasteiger partial charge in [-0.1, -0.05) is 0 Å². The van der Waals surface area contributed by atoms with E-state index in [0.29, 0.717) is 0 Å². The van der Waals surface area contributed by atoms with E-state index >= 15 is 0 Å². The van der Waals surface area contributed by atoms with Crippen LogP contribution in [0.15, 0.2) is 58.3 Å². The minimum absolute atomic E-state index is 0. The second-order valence-corrected chi connectivity index (χ2v) is 5.44. The van der Waals surface area contributed by atoms with Crippen LogP contribution in [0.4, 0.5) is 0 Å². The quantitative estimate of drug-likeness (QED) is 0.792. The van der Waals surface area contributed by atoms with Gasteiger partial charge in [0.05, 0.1) is 9.79 Å². The zero-order valence-electron chi connectivity index (χ0n) is 8.74. The van der Waals surface area contributed by atoms with Gasteiger partial charge in [0.15, 0.2) is 0 Å². The van der Waals surface area contributed by atoms with Gasteiger partial charge in [0.2, 0.25) is 9.84 Å². The van der Waals surface area contributed by atoms with Gasteiger partial charge in [-0.15, -0.1) is 0 Å². The Morgan fingerprint density at radius 3 is 1.16 bits per heavy atom. The van der Waals surface area contributed by atoms with Gasteiger partial charge < -0.3 is 10.2 Å². The molecule has 0 radical (unpaired) electrons. The number of rotatable bonds is 2. The summed E-state index contributed by atoms with van der Waals surface area (Å²) >= 11 is 0. The zero-order valence-corrected chi connectivity index (χ0v) is 9.55. The van der Waals surface area contributed by atoms with Crippen LogP contribution in [0, 0.1) is 0 Å². The Morgan fingerprint density at radius 1 is 0.632 bits per heavy atom. The molecule has 19 heavy (non-hydrogen) atoms. The number of hydrogen-bond acceptors (Lipinski definition) is 4. The van der Waals surface area contributed by atoms with Gasteiger partial charge in [0.1, 0.15) is 11.5 Å². The monoisotopic (exact) mass is 330 g/mol. The molecule has 0 aliphatic heterocycles. The molecular weight excluding hydrogens is 318 g/mol. The maximum atomic E-state index is 12.1. The molecule has 0 atom stereocenters. The van der Waals surface area contributed by atoms with E-state index in [1.165, 1.54) is 48.5 Å². The average Bonchev–Trinajstić information content (AvgIpc) is 2.30. The molecule has 0 amide bonds. The van der Waals surface area contributed by atoms with Crippen molar-refractivity contribution in [3.63, 3.8) is 0 Å². The van der Waals surface area contributed by atoms with Crippen LogP contribution in [-0.4, -0.2) is 121 Å². The Balaban J connectivity index is 0.00000162. The molecule has 0 heterocycles. The Hall–Kier alpha value is 1.26. The molecule has 0 fully saturated rings. The van der Waals surface area contributed by atoms with E-state index < -0.39 is 9.84 Å². The summed E-state index contributed by atoms with van der Waals surface area (Å²) in [5.41, 5.74) is 0. The molecule has 92 valence electrons. The Kier molecular flexibility index (Phi) is 9.22. The molecule has 0 aromatic heterocycles. The summed E-state index contributed by atoms with van der Waals surface area (Å²) in [6, 6.07) is 10.6. The SMILES string of the molecule is O=S(=O)(c1ccc(O)cc1)c1ccc(O)cc1.[KH].[KH]. The normalized spacial score (nSPS) is 10.1. The number of phenols is 2. The van der Waals surface area contributed by atoms with Crippen LogP contribution in [0.1, 0.15) is 0 Å². The molecule has 2 aromatic rings. The molecule has 4 nitrogen and oxygen atoms in total. The fraction of sp³-hybridized carbons (Fsp3) is 0. The van der Waals surface area contributed by atoms with E-state index in [9.17, 15) is 8.42 Å². The third-order valence-electron chi connectivity index (χ3n) is 2.29. The molecule has 2 N–H and O–H groups in total. The van der Waals surface area contributed by atoms with E-state index in [4.69, 9.17) is 10.2 Å². The van der Waals surface area contributed by atoms with Gasteiger partial charge in [0.25, 0.3) is 0 Å². The number of sulfone groups is 1. The first-order valence-corrected chi connectivity index (χ1v) is 6.31. The molecule has 0 aliphatic carbocycles. The number of benzene rings is 2. The summed E-state index contributed by atoms with van der Waals surface area (Å²) in [6.45, 7) is 0. The Bertz CT molecular complexity index is 570. The predicted molar refractivity (Wildman–Crippen MR) is 76.0 cm³/mol. The standard InChI is InChI=1S/C12H10O4S.2K.2H/c13-9-1-5-11(6-2-9)17(15,16)12-7-3-10(14)4-8-12;;;;/h1-8,13-14H;;;;.